The number of allylic oxidation sites excluding steroid dienone is 1. The van der Waals surface area contributed by atoms with Crippen molar-refractivity contribution >= 4 is 35.7 Å². The molecule has 2 saturated carbocycles. The van der Waals surface area contributed by atoms with Crippen LogP contribution in [0.1, 0.15) is 0 Å². The Balaban J connectivity index is 0.000000235. The van der Waals surface area contributed by atoms with Crippen LogP contribution in [0.2, 0.25) is 0 Å². The average molecular weight is 694 g/mol. The van der Waals surface area contributed by atoms with Gasteiger partial charge in [0.05, 0.1) is 0 Å². The summed E-state index contributed by atoms with van der Waals surface area (Å²) >= 11 is 0. The molecule has 0 bridgehead atoms. The Kier molecular flexibility index (Phi) is 16.9. The molecule has 4 aromatic rings. The van der Waals surface area contributed by atoms with Crippen molar-refractivity contribution in [1.29, 1.82) is 0 Å². The molecule has 0 atom stereocenters. The smallest absolute Gasteiger partial charge is 0.195 e. The van der Waals surface area contributed by atoms with Crippen LogP contribution in [0.4, 0.5) is 0 Å². The van der Waals surface area contributed by atoms with Gasteiger partial charge >= 0.3 is 17.1 Å². The second kappa shape index (κ2) is 20.3. The average Bonchev–Trinajstić information content (AvgIpc) is 3.86. The minimum atomic E-state index is -1.53. The molecular formula is C42H49BFeN3P+2. The Morgan fingerprint density at radius 3 is 0.938 bits per heavy atom. The van der Waals surface area contributed by atoms with Gasteiger partial charge in [-0.15, -0.1) is 0 Å². The first kappa shape index (κ1) is 39.9. The maximum Gasteiger partial charge on any atom is 2.00 e. The zero-order valence-electron chi connectivity index (χ0n) is 29.1. The molecule has 0 amide bonds. The van der Waals surface area contributed by atoms with Crippen molar-refractivity contribution in [3.8, 4) is 0 Å². The van der Waals surface area contributed by atoms with Crippen molar-refractivity contribution in [1.82, 2.24) is 14.0 Å². The summed E-state index contributed by atoms with van der Waals surface area (Å²) in [6.45, 7) is 0. The fraction of sp³-hybridized carbons (Fsp3) is 0.143. The molecule has 4 aromatic carbocycles. The van der Waals surface area contributed by atoms with Crippen LogP contribution in [0.25, 0.3) is 0 Å². The van der Waals surface area contributed by atoms with Gasteiger partial charge in [-0.3, -0.25) is 0 Å². The van der Waals surface area contributed by atoms with Gasteiger partial charge in [-0.05, 0) is 63.9 Å². The molecule has 48 heavy (non-hydrogen) atoms. The van der Waals surface area contributed by atoms with Gasteiger partial charge in [-0.2, -0.15) is 35.9 Å². The van der Waals surface area contributed by atoms with Crippen molar-refractivity contribution in [3.63, 3.8) is 0 Å². The molecule has 2 fully saturated rings. The van der Waals surface area contributed by atoms with Crippen LogP contribution in [0, 0.1) is 63.7 Å². The van der Waals surface area contributed by atoms with Crippen LogP contribution in [0.3, 0.4) is 0 Å². The van der Waals surface area contributed by atoms with E-state index in [1.54, 1.807) is 0 Å². The standard InChI is InChI=1S/C24H20B.C13H24N3P.C5H5.Fe/c1-5-13-21(14-6-1)25(22-15-7-2-8-16-22,23-17-9-3-10-18-23)24-19-11-4-12-20-24;1-14(2)17(15(3)4,16(5)6)12-11-13-9-7-8-10-13;1-2-4-5-3-1;/h1-20H;7-12H,1-6H3;1-5H;/q-1;+1;;+2/b;12-11+;;. The molecule has 6 rings (SSSR count). The van der Waals surface area contributed by atoms with E-state index in [4.69, 9.17) is 0 Å². The number of rotatable bonds is 9. The Hall–Kier alpha value is -2.49. The molecule has 0 aromatic heterocycles. The van der Waals surface area contributed by atoms with E-state index < -0.39 is 13.9 Å². The van der Waals surface area contributed by atoms with Gasteiger partial charge in [0, 0.05) is 48.2 Å². The molecule has 0 spiro atoms. The van der Waals surface area contributed by atoms with E-state index in [-0.39, 0.29) is 17.1 Å². The van der Waals surface area contributed by atoms with E-state index in [0.29, 0.717) is 0 Å². The van der Waals surface area contributed by atoms with E-state index in [1.807, 2.05) is 32.1 Å². The quantitative estimate of drug-likeness (QED) is 0.148. The predicted molar refractivity (Wildman–Crippen MR) is 209 cm³/mol. The van der Waals surface area contributed by atoms with Crippen LogP contribution in [-0.4, -0.2) is 62.4 Å². The van der Waals surface area contributed by atoms with E-state index in [2.05, 4.69) is 215 Å². The maximum atomic E-state index is 2.34. The van der Waals surface area contributed by atoms with Gasteiger partial charge in [0.1, 0.15) is 12.0 Å². The van der Waals surface area contributed by atoms with Gasteiger partial charge < -0.3 is 0 Å². The van der Waals surface area contributed by atoms with Crippen molar-refractivity contribution < 1.29 is 17.1 Å². The Morgan fingerprint density at radius 2 is 0.688 bits per heavy atom. The molecule has 2 aliphatic carbocycles. The van der Waals surface area contributed by atoms with Gasteiger partial charge in [-0.25, -0.2) is 0 Å². The summed E-state index contributed by atoms with van der Waals surface area (Å²) in [5.41, 5.74) is 5.36. The zero-order valence-corrected chi connectivity index (χ0v) is 31.1. The summed E-state index contributed by atoms with van der Waals surface area (Å²) in [5.74, 6) is 3.60. The third-order valence-electron chi connectivity index (χ3n) is 8.68. The number of benzene rings is 4. The van der Waals surface area contributed by atoms with Gasteiger partial charge in [0.2, 0.25) is 0 Å². The second-order valence-corrected chi connectivity index (χ2v) is 16.1. The molecule has 0 N–H and O–H groups in total. The van der Waals surface area contributed by atoms with Crippen molar-refractivity contribution in [3.05, 3.63) is 197 Å². The first-order valence-corrected chi connectivity index (χ1v) is 17.9. The molecule has 246 valence electrons. The van der Waals surface area contributed by atoms with Gasteiger partial charge in [0.25, 0.3) is 7.71 Å². The van der Waals surface area contributed by atoms with Crippen molar-refractivity contribution in [2.24, 2.45) is 0 Å². The molecule has 0 aliphatic heterocycles. The summed E-state index contributed by atoms with van der Waals surface area (Å²) in [6, 6.07) is 43.5. The molecule has 0 saturated heterocycles. The molecule has 2 aliphatic rings. The molecule has 3 nitrogen and oxygen atoms in total. The van der Waals surface area contributed by atoms with E-state index in [1.165, 1.54) is 27.8 Å². The maximum absolute atomic E-state index is 2.34. The van der Waals surface area contributed by atoms with E-state index in [0.717, 1.165) is 0 Å². The van der Waals surface area contributed by atoms with Crippen molar-refractivity contribution in [2.45, 2.75) is 0 Å². The summed E-state index contributed by atoms with van der Waals surface area (Å²) < 4.78 is 6.94. The Labute approximate surface area is 304 Å². The van der Waals surface area contributed by atoms with Crippen molar-refractivity contribution in [2.75, 3.05) is 42.3 Å². The molecule has 6 heteroatoms. The van der Waals surface area contributed by atoms with Crippen LogP contribution in [0.5, 0.6) is 0 Å². The number of hydrogen-bond donors (Lipinski definition) is 0. The summed E-state index contributed by atoms with van der Waals surface area (Å²) in [7, 11) is 11.3. The topological polar surface area (TPSA) is 9.72 Å². The second-order valence-electron chi connectivity index (χ2n) is 12.2. The SMILES string of the molecule is CN(C)[P+](/C=C/[C]1[CH][CH][CH][CH]1)(N(C)C)N(C)C.[CH]1[CH][CH][CH][CH]1.[Fe+2].c1ccc([B-](c2ccccc2)(c2ccccc2)c2ccccc2)cc1. The summed E-state index contributed by atoms with van der Waals surface area (Å²) in [6.07, 6.45) is 19.4. The summed E-state index contributed by atoms with van der Waals surface area (Å²) in [5, 5.41) is 0. The molecule has 0 heterocycles. The first-order chi connectivity index (χ1) is 22.8. The summed E-state index contributed by atoms with van der Waals surface area (Å²) in [4.78, 5) is 0. The molecular weight excluding hydrogens is 644 g/mol. The van der Waals surface area contributed by atoms with E-state index >= 15 is 0 Å². The van der Waals surface area contributed by atoms with Crippen LogP contribution < -0.4 is 21.9 Å². The fourth-order valence-corrected chi connectivity index (χ4v) is 9.92. The van der Waals surface area contributed by atoms with E-state index in [9.17, 15) is 0 Å². The Bertz CT molecular complexity index is 1250. The third-order valence-corrected chi connectivity index (χ3v) is 12.8. The molecule has 0 unspecified atom stereocenters. The number of nitrogens with zero attached hydrogens (tertiary/aromatic N) is 3. The predicted octanol–water partition coefficient (Wildman–Crippen LogP) is 6.44. The minimum Gasteiger partial charge on any atom is -0.195 e. The first-order valence-electron chi connectivity index (χ1n) is 16.2. The molecule has 10 radical (unpaired) electrons. The van der Waals surface area contributed by atoms with Crippen LogP contribution >= 0.6 is 7.71 Å². The van der Waals surface area contributed by atoms with Crippen LogP contribution in [0.15, 0.2) is 133 Å². The normalized spacial score (nSPS) is 15.2. The number of hydrogen-bond acceptors (Lipinski definition) is 3. The Morgan fingerprint density at radius 1 is 0.417 bits per heavy atom. The van der Waals surface area contributed by atoms with Crippen LogP contribution in [-0.2, 0) is 17.1 Å². The largest absolute Gasteiger partial charge is 2.00 e. The third kappa shape index (κ3) is 9.82. The zero-order chi connectivity index (χ0) is 33.5. The monoisotopic (exact) mass is 693 g/mol. The van der Waals surface area contributed by atoms with Gasteiger partial charge in [-0.1, -0.05) is 121 Å². The fourth-order valence-electron chi connectivity index (χ4n) is 6.60. The van der Waals surface area contributed by atoms with Gasteiger partial charge in [0.15, 0.2) is 0 Å². The minimum absolute atomic E-state index is 0.